The lowest BCUT2D eigenvalue weighted by molar-refractivity contribution is 0.528. The van der Waals surface area contributed by atoms with E-state index in [1.807, 2.05) is 12.1 Å². The van der Waals surface area contributed by atoms with Crippen LogP contribution in [0, 0.1) is 0 Å². The van der Waals surface area contributed by atoms with Crippen LogP contribution in [0.3, 0.4) is 0 Å². The van der Waals surface area contributed by atoms with Crippen LogP contribution in [0.25, 0.3) is 11.1 Å². The summed E-state index contributed by atoms with van der Waals surface area (Å²) < 4.78 is 6.51. The molecule has 0 aliphatic heterocycles. The second-order valence-corrected chi connectivity index (χ2v) is 4.34. The first-order chi connectivity index (χ1) is 7.00. The molecule has 0 unspecified atom stereocenters. The van der Waals surface area contributed by atoms with Crippen molar-refractivity contribution < 1.29 is 4.42 Å². The highest BCUT2D eigenvalue weighted by Gasteiger charge is 2.12. The Bertz CT molecular complexity index is 566. The van der Waals surface area contributed by atoms with E-state index in [2.05, 4.69) is 13.8 Å². The van der Waals surface area contributed by atoms with E-state index >= 15 is 0 Å². The van der Waals surface area contributed by atoms with Gasteiger partial charge in [0.2, 0.25) is 0 Å². The van der Waals surface area contributed by atoms with Gasteiger partial charge >= 0.3 is 5.76 Å². The molecule has 0 bridgehead atoms. The van der Waals surface area contributed by atoms with Crippen LogP contribution in [-0.4, -0.2) is 4.57 Å². The van der Waals surface area contributed by atoms with E-state index in [4.69, 9.17) is 16.0 Å². The zero-order valence-electron chi connectivity index (χ0n) is 8.87. The lowest BCUT2D eigenvalue weighted by atomic mass is 10.0. The fourth-order valence-electron chi connectivity index (χ4n) is 1.54. The molecule has 2 aromatic rings. The van der Waals surface area contributed by atoms with Crippen molar-refractivity contribution in [3.8, 4) is 0 Å². The quantitative estimate of drug-likeness (QED) is 0.748. The summed E-state index contributed by atoms with van der Waals surface area (Å²) in [4.78, 5) is 11.3. The summed E-state index contributed by atoms with van der Waals surface area (Å²) in [7, 11) is 1.68. The zero-order chi connectivity index (χ0) is 11.2. The first kappa shape index (κ1) is 10.3. The van der Waals surface area contributed by atoms with E-state index in [0.717, 1.165) is 11.1 Å². The van der Waals surface area contributed by atoms with Gasteiger partial charge in [-0.15, -0.1) is 0 Å². The Morgan fingerprint density at radius 3 is 2.67 bits per heavy atom. The molecule has 2 rings (SSSR count). The van der Waals surface area contributed by atoms with Gasteiger partial charge in [0, 0.05) is 7.05 Å². The average Bonchev–Trinajstić information content (AvgIpc) is 2.45. The van der Waals surface area contributed by atoms with Gasteiger partial charge in [-0.1, -0.05) is 25.4 Å². The minimum Gasteiger partial charge on any atom is -0.406 e. The van der Waals surface area contributed by atoms with Crippen LogP contribution in [0.15, 0.2) is 21.3 Å². The SMILES string of the molecule is CC(C)c1cc(Cl)c2oc(=O)n(C)c2c1. The molecule has 0 aliphatic carbocycles. The summed E-state index contributed by atoms with van der Waals surface area (Å²) in [6.07, 6.45) is 0. The highest BCUT2D eigenvalue weighted by atomic mass is 35.5. The Morgan fingerprint density at radius 2 is 2.07 bits per heavy atom. The standard InChI is InChI=1S/C11H12ClNO2/c1-6(2)7-4-8(12)10-9(5-7)13(3)11(14)15-10/h4-6H,1-3H3. The number of aromatic nitrogens is 1. The van der Waals surface area contributed by atoms with E-state index in [1.165, 1.54) is 4.57 Å². The van der Waals surface area contributed by atoms with Gasteiger partial charge in [0.05, 0.1) is 10.5 Å². The normalized spacial score (nSPS) is 11.5. The molecular formula is C11H12ClNO2. The maximum absolute atomic E-state index is 11.3. The zero-order valence-corrected chi connectivity index (χ0v) is 9.63. The largest absolute Gasteiger partial charge is 0.419 e. The van der Waals surface area contributed by atoms with E-state index in [0.29, 0.717) is 16.5 Å². The number of rotatable bonds is 1. The molecule has 0 amide bonds. The topological polar surface area (TPSA) is 35.1 Å². The van der Waals surface area contributed by atoms with Gasteiger partial charge in [-0.05, 0) is 23.6 Å². The molecule has 0 atom stereocenters. The summed E-state index contributed by atoms with van der Waals surface area (Å²) in [5.41, 5.74) is 2.31. The Balaban J connectivity index is 2.85. The number of hydrogen-bond acceptors (Lipinski definition) is 2. The molecular weight excluding hydrogens is 214 g/mol. The maximum Gasteiger partial charge on any atom is 0.419 e. The van der Waals surface area contributed by atoms with Crippen molar-refractivity contribution in [3.63, 3.8) is 0 Å². The molecule has 0 saturated heterocycles. The average molecular weight is 226 g/mol. The Morgan fingerprint density at radius 1 is 1.40 bits per heavy atom. The van der Waals surface area contributed by atoms with Crippen LogP contribution in [0.5, 0.6) is 0 Å². The molecule has 0 saturated carbocycles. The third kappa shape index (κ3) is 1.57. The van der Waals surface area contributed by atoms with Gasteiger partial charge in [0.25, 0.3) is 0 Å². The number of fused-ring (bicyclic) bond motifs is 1. The number of hydrogen-bond donors (Lipinski definition) is 0. The first-order valence-electron chi connectivity index (χ1n) is 4.79. The Kier molecular flexibility index (Phi) is 2.35. The second-order valence-electron chi connectivity index (χ2n) is 3.93. The minimum atomic E-state index is -0.382. The predicted molar refractivity (Wildman–Crippen MR) is 60.6 cm³/mol. The molecule has 0 spiro atoms. The monoisotopic (exact) mass is 225 g/mol. The lowest BCUT2D eigenvalue weighted by Gasteiger charge is -2.05. The summed E-state index contributed by atoms with van der Waals surface area (Å²) in [5, 5.41) is 0.494. The summed E-state index contributed by atoms with van der Waals surface area (Å²) >= 11 is 6.05. The van der Waals surface area contributed by atoms with Crippen LogP contribution < -0.4 is 5.76 Å². The van der Waals surface area contributed by atoms with Gasteiger partial charge in [0.15, 0.2) is 5.58 Å². The number of oxazole rings is 1. The van der Waals surface area contributed by atoms with Gasteiger partial charge in [-0.25, -0.2) is 4.79 Å². The molecule has 3 nitrogen and oxygen atoms in total. The van der Waals surface area contributed by atoms with Crippen molar-refractivity contribution >= 4 is 22.7 Å². The fourth-order valence-corrected chi connectivity index (χ4v) is 1.80. The van der Waals surface area contributed by atoms with Crippen LogP contribution in [0.4, 0.5) is 0 Å². The highest BCUT2D eigenvalue weighted by Crippen LogP contribution is 2.27. The molecule has 1 aromatic heterocycles. The highest BCUT2D eigenvalue weighted by molar-refractivity contribution is 6.34. The number of aryl methyl sites for hydroxylation is 1. The van der Waals surface area contributed by atoms with Crippen LogP contribution in [0.2, 0.25) is 5.02 Å². The van der Waals surface area contributed by atoms with Gasteiger partial charge in [-0.3, -0.25) is 4.57 Å². The molecule has 0 aliphatic rings. The van der Waals surface area contributed by atoms with Crippen molar-refractivity contribution in [1.29, 1.82) is 0 Å². The summed E-state index contributed by atoms with van der Waals surface area (Å²) in [6, 6.07) is 3.79. The molecule has 4 heteroatoms. The van der Waals surface area contributed by atoms with Crippen molar-refractivity contribution in [3.05, 3.63) is 33.3 Å². The van der Waals surface area contributed by atoms with E-state index < -0.39 is 0 Å². The number of halogens is 1. The smallest absolute Gasteiger partial charge is 0.406 e. The van der Waals surface area contributed by atoms with Gasteiger partial charge < -0.3 is 4.42 Å². The molecule has 0 radical (unpaired) electrons. The molecule has 1 heterocycles. The molecule has 0 fully saturated rings. The predicted octanol–water partition coefficient (Wildman–Crippen LogP) is 2.91. The van der Waals surface area contributed by atoms with Crippen molar-refractivity contribution in [2.45, 2.75) is 19.8 Å². The Labute approximate surface area is 92.3 Å². The van der Waals surface area contributed by atoms with Crippen molar-refractivity contribution in [2.24, 2.45) is 7.05 Å². The maximum atomic E-state index is 11.3. The van der Waals surface area contributed by atoms with Crippen LogP contribution >= 0.6 is 11.6 Å². The number of nitrogens with zero attached hydrogens (tertiary/aromatic N) is 1. The lowest BCUT2D eigenvalue weighted by Crippen LogP contribution is -2.08. The molecule has 80 valence electrons. The fraction of sp³-hybridized carbons (Fsp3) is 0.364. The Hall–Kier alpha value is -1.22. The van der Waals surface area contributed by atoms with E-state index in [1.54, 1.807) is 7.05 Å². The third-order valence-corrected chi connectivity index (χ3v) is 2.82. The minimum absolute atomic E-state index is 0.372. The first-order valence-corrected chi connectivity index (χ1v) is 5.17. The van der Waals surface area contributed by atoms with Crippen LogP contribution in [0.1, 0.15) is 25.3 Å². The van der Waals surface area contributed by atoms with Crippen molar-refractivity contribution in [2.75, 3.05) is 0 Å². The summed E-state index contributed by atoms with van der Waals surface area (Å²) in [6.45, 7) is 4.16. The molecule has 0 N–H and O–H groups in total. The van der Waals surface area contributed by atoms with Crippen LogP contribution in [-0.2, 0) is 7.05 Å². The van der Waals surface area contributed by atoms with E-state index in [-0.39, 0.29) is 5.76 Å². The molecule has 1 aromatic carbocycles. The summed E-state index contributed by atoms with van der Waals surface area (Å²) in [5.74, 6) is -0.00953. The number of benzene rings is 1. The van der Waals surface area contributed by atoms with Gasteiger partial charge in [0.1, 0.15) is 0 Å². The molecule has 15 heavy (non-hydrogen) atoms. The second kappa shape index (κ2) is 3.42. The van der Waals surface area contributed by atoms with E-state index in [9.17, 15) is 4.79 Å². The van der Waals surface area contributed by atoms with Crippen molar-refractivity contribution in [1.82, 2.24) is 4.57 Å². The van der Waals surface area contributed by atoms with Gasteiger partial charge in [-0.2, -0.15) is 0 Å². The third-order valence-electron chi connectivity index (χ3n) is 2.54.